The Bertz CT molecular complexity index is 495. The van der Waals surface area contributed by atoms with Crippen LogP contribution >= 0.6 is 0 Å². The summed E-state index contributed by atoms with van der Waals surface area (Å²) in [7, 11) is 0. The van der Waals surface area contributed by atoms with Gasteiger partial charge in [0.05, 0.1) is 0 Å². The van der Waals surface area contributed by atoms with Crippen LogP contribution in [-0.4, -0.2) is 25.2 Å². The number of nitrogens with one attached hydrogen (secondary N) is 1. The van der Waals surface area contributed by atoms with Crippen molar-refractivity contribution in [1.82, 2.24) is 5.32 Å². The van der Waals surface area contributed by atoms with Crippen LogP contribution in [-0.2, 0) is 0 Å². The lowest BCUT2D eigenvalue weighted by atomic mass is 9.95. The first kappa shape index (κ1) is 16.1. The monoisotopic (exact) mass is 304 g/mol. The van der Waals surface area contributed by atoms with E-state index in [1.807, 2.05) is 13.8 Å². The van der Waals surface area contributed by atoms with Gasteiger partial charge in [0.2, 0.25) is 0 Å². The first-order valence-corrected chi connectivity index (χ1v) is 7.19. The van der Waals surface area contributed by atoms with Crippen molar-refractivity contribution in [1.29, 1.82) is 0 Å². The van der Waals surface area contributed by atoms with Gasteiger partial charge in [-0.05, 0) is 12.8 Å². The summed E-state index contributed by atoms with van der Waals surface area (Å²) in [6.45, 7) is 6.64. The zero-order valence-corrected chi connectivity index (χ0v) is 12.4. The normalized spacial score (nSPS) is 24.2. The zero-order valence-electron chi connectivity index (χ0n) is 12.4. The summed E-state index contributed by atoms with van der Waals surface area (Å²) in [5.41, 5.74) is -0.602. The van der Waals surface area contributed by atoms with E-state index in [9.17, 15) is 17.6 Å². The third kappa shape index (κ3) is 3.00. The van der Waals surface area contributed by atoms with Crippen molar-refractivity contribution < 1.29 is 17.6 Å². The molecular formula is C15H20F4N2. The maximum absolute atomic E-state index is 14.0. The highest BCUT2D eigenvalue weighted by Gasteiger charge is 2.33. The Kier molecular flexibility index (Phi) is 4.76. The number of anilines is 1. The molecule has 6 heteroatoms. The molecule has 1 aliphatic rings. The molecule has 0 amide bonds. The Morgan fingerprint density at radius 3 is 2.33 bits per heavy atom. The fraction of sp³-hybridized carbons (Fsp3) is 0.600. The van der Waals surface area contributed by atoms with E-state index in [0.717, 1.165) is 6.42 Å². The summed E-state index contributed by atoms with van der Waals surface area (Å²) < 4.78 is 54.7. The molecule has 1 saturated heterocycles. The smallest absolute Gasteiger partial charge is 0.185 e. The molecule has 21 heavy (non-hydrogen) atoms. The van der Waals surface area contributed by atoms with E-state index in [1.165, 1.54) is 4.90 Å². The topological polar surface area (TPSA) is 15.3 Å². The van der Waals surface area contributed by atoms with Crippen LogP contribution in [0.4, 0.5) is 23.2 Å². The lowest BCUT2D eigenvalue weighted by Crippen LogP contribution is -2.58. The van der Waals surface area contributed by atoms with E-state index in [4.69, 9.17) is 0 Å². The predicted octanol–water partition coefficient (Wildman–Crippen LogP) is 3.46. The van der Waals surface area contributed by atoms with Crippen molar-refractivity contribution >= 4 is 5.69 Å². The molecule has 1 aliphatic heterocycles. The summed E-state index contributed by atoms with van der Waals surface area (Å²) in [5.74, 6) is -5.09. The predicted molar refractivity (Wildman–Crippen MR) is 74.3 cm³/mol. The Balaban J connectivity index is 2.39. The molecule has 0 aromatic heterocycles. The highest BCUT2D eigenvalue weighted by molar-refractivity contribution is 5.51. The van der Waals surface area contributed by atoms with E-state index in [2.05, 4.69) is 5.32 Å². The highest BCUT2D eigenvalue weighted by atomic mass is 19.2. The van der Waals surface area contributed by atoms with Crippen molar-refractivity contribution in [3.63, 3.8) is 0 Å². The molecule has 2 rings (SSSR count). The molecule has 0 bridgehead atoms. The van der Waals surface area contributed by atoms with Gasteiger partial charge in [0.25, 0.3) is 0 Å². The first-order valence-electron chi connectivity index (χ1n) is 7.19. The summed E-state index contributed by atoms with van der Waals surface area (Å²) in [6, 6.07) is 0.0135. The third-order valence-electron chi connectivity index (χ3n) is 4.31. The Morgan fingerprint density at radius 1 is 1.24 bits per heavy atom. The molecule has 118 valence electrons. The second kappa shape index (κ2) is 6.22. The van der Waals surface area contributed by atoms with Crippen LogP contribution in [0, 0.1) is 29.2 Å². The van der Waals surface area contributed by atoms with Gasteiger partial charge in [-0.3, -0.25) is 0 Å². The molecule has 1 fully saturated rings. The van der Waals surface area contributed by atoms with Gasteiger partial charge in [-0.25, -0.2) is 17.6 Å². The van der Waals surface area contributed by atoms with Crippen LogP contribution < -0.4 is 10.2 Å². The number of hydrogen-bond acceptors (Lipinski definition) is 2. The average molecular weight is 304 g/mol. The fourth-order valence-electron chi connectivity index (χ4n) is 2.68. The minimum atomic E-state index is -1.37. The number of piperazine rings is 1. The molecule has 1 aromatic rings. The van der Waals surface area contributed by atoms with Crippen LogP contribution in [0.2, 0.25) is 0 Å². The number of halogens is 4. The number of rotatable bonds is 3. The van der Waals surface area contributed by atoms with Gasteiger partial charge in [0.1, 0.15) is 5.69 Å². The number of hydrogen-bond donors (Lipinski definition) is 1. The molecule has 1 aromatic carbocycles. The third-order valence-corrected chi connectivity index (χ3v) is 4.31. The molecule has 0 aliphatic carbocycles. The van der Waals surface area contributed by atoms with Gasteiger partial charge in [0, 0.05) is 31.2 Å². The fourth-order valence-corrected chi connectivity index (χ4v) is 2.68. The molecule has 0 radical (unpaired) electrons. The Morgan fingerprint density at radius 2 is 1.81 bits per heavy atom. The molecular weight excluding hydrogens is 284 g/mol. The van der Waals surface area contributed by atoms with Gasteiger partial charge in [0.15, 0.2) is 23.3 Å². The van der Waals surface area contributed by atoms with Crippen LogP contribution in [0.3, 0.4) is 0 Å². The van der Waals surface area contributed by atoms with Crippen LogP contribution in [0.15, 0.2) is 6.07 Å². The second-order valence-electron chi connectivity index (χ2n) is 5.72. The van der Waals surface area contributed by atoms with Crippen molar-refractivity contribution in [2.75, 3.05) is 18.0 Å². The SMILES string of the molecule is CCC(C)C1CN(c2c(F)c(F)cc(F)c2F)C(C)CN1. The van der Waals surface area contributed by atoms with E-state index < -0.39 is 29.0 Å². The molecule has 3 unspecified atom stereocenters. The Labute approximate surface area is 122 Å². The molecule has 1 heterocycles. The summed E-state index contributed by atoms with van der Waals surface area (Å²) >= 11 is 0. The van der Waals surface area contributed by atoms with Crippen molar-refractivity contribution in [3.8, 4) is 0 Å². The molecule has 0 saturated carbocycles. The Hall–Kier alpha value is -1.30. The summed E-state index contributed by atoms with van der Waals surface area (Å²) in [6.07, 6.45) is 0.905. The summed E-state index contributed by atoms with van der Waals surface area (Å²) in [5, 5.41) is 3.31. The van der Waals surface area contributed by atoms with Gasteiger partial charge < -0.3 is 10.2 Å². The molecule has 1 N–H and O–H groups in total. The van der Waals surface area contributed by atoms with E-state index in [0.29, 0.717) is 19.0 Å². The summed E-state index contributed by atoms with van der Waals surface area (Å²) in [4.78, 5) is 1.42. The first-order chi connectivity index (χ1) is 9.86. The van der Waals surface area contributed by atoms with Crippen molar-refractivity contribution in [2.45, 2.75) is 39.3 Å². The quantitative estimate of drug-likeness (QED) is 0.679. The zero-order chi connectivity index (χ0) is 15.7. The van der Waals surface area contributed by atoms with Gasteiger partial charge in [-0.2, -0.15) is 0 Å². The van der Waals surface area contributed by atoms with Gasteiger partial charge >= 0.3 is 0 Å². The van der Waals surface area contributed by atoms with Crippen molar-refractivity contribution in [2.24, 2.45) is 5.92 Å². The lowest BCUT2D eigenvalue weighted by molar-refractivity contribution is 0.310. The largest absolute Gasteiger partial charge is 0.361 e. The molecule has 2 nitrogen and oxygen atoms in total. The van der Waals surface area contributed by atoms with Gasteiger partial charge in [-0.1, -0.05) is 20.3 Å². The maximum atomic E-state index is 14.0. The van der Waals surface area contributed by atoms with Crippen molar-refractivity contribution in [3.05, 3.63) is 29.3 Å². The number of benzene rings is 1. The maximum Gasteiger partial charge on any atom is 0.185 e. The van der Waals surface area contributed by atoms with Crippen LogP contribution in [0.25, 0.3) is 0 Å². The van der Waals surface area contributed by atoms with Crippen LogP contribution in [0.5, 0.6) is 0 Å². The highest BCUT2D eigenvalue weighted by Crippen LogP contribution is 2.31. The minimum Gasteiger partial charge on any atom is -0.361 e. The van der Waals surface area contributed by atoms with E-state index in [-0.39, 0.29) is 18.2 Å². The molecule has 3 atom stereocenters. The second-order valence-corrected chi connectivity index (χ2v) is 5.72. The average Bonchev–Trinajstić information content (AvgIpc) is 2.46. The lowest BCUT2D eigenvalue weighted by Gasteiger charge is -2.42. The minimum absolute atomic E-state index is 0.0244. The van der Waals surface area contributed by atoms with Crippen LogP contribution in [0.1, 0.15) is 27.2 Å². The standard InChI is InChI=1S/C15H20F4N2/c1-4-8(2)12-7-21(9(3)6-20-12)15-13(18)10(16)5-11(17)14(15)19/h5,8-9,12,20H,4,6-7H2,1-3H3. The molecule has 0 spiro atoms. The van der Waals surface area contributed by atoms with E-state index >= 15 is 0 Å². The van der Waals surface area contributed by atoms with Gasteiger partial charge in [-0.15, -0.1) is 0 Å². The number of nitrogens with zero attached hydrogens (tertiary/aromatic N) is 1. The van der Waals surface area contributed by atoms with E-state index in [1.54, 1.807) is 6.92 Å².